The Morgan fingerprint density at radius 2 is 1.67 bits per heavy atom. The number of aryl methyl sites for hydroxylation is 3. The van der Waals surface area contributed by atoms with Crippen LogP contribution in [-0.4, -0.2) is 83.1 Å². The topological polar surface area (TPSA) is 131 Å². The lowest BCUT2D eigenvalue weighted by molar-refractivity contribution is -0.141. The van der Waals surface area contributed by atoms with Crippen LogP contribution in [0.15, 0.2) is 36.7 Å². The highest BCUT2D eigenvalue weighted by molar-refractivity contribution is 6.07. The number of carbonyl (C=O) groups is 4. The van der Waals surface area contributed by atoms with Crippen molar-refractivity contribution in [2.45, 2.75) is 110 Å². The van der Waals surface area contributed by atoms with Gasteiger partial charge < -0.3 is 9.80 Å². The van der Waals surface area contributed by atoms with Crippen LogP contribution in [0.1, 0.15) is 97.6 Å². The highest BCUT2D eigenvalue weighted by Gasteiger charge is 2.67. The summed E-state index contributed by atoms with van der Waals surface area (Å²) < 4.78 is 42.4. The summed E-state index contributed by atoms with van der Waals surface area (Å²) in [7, 11) is 0. The molecular formula is C40H44F3N7O4. The van der Waals surface area contributed by atoms with E-state index in [2.05, 4.69) is 15.0 Å². The number of rotatable bonds is 6. The zero-order chi connectivity index (χ0) is 38.5. The van der Waals surface area contributed by atoms with Crippen molar-refractivity contribution < 1.29 is 32.3 Å². The average Bonchev–Trinajstić information content (AvgIpc) is 3.52. The second kappa shape index (κ2) is 14.3. The molecule has 3 aromatic heterocycles. The molecule has 2 aliphatic heterocycles. The summed E-state index contributed by atoms with van der Waals surface area (Å²) in [6, 6.07) is 4.83. The zero-order valence-corrected chi connectivity index (χ0v) is 31.0. The number of nitrogens with zero attached hydrogens (tertiary/aromatic N) is 7. The second-order valence-corrected chi connectivity index (χ2v) is 15.1. The van der Waals surface area contributed by atoms with Gasteiger partial charge in [-0.05, 0) is 87.8 Å². The summed E-state index contributed by atoms with van der Waals surface area (Å²) >= 11 is 0. The molecule has 54 heavy (non-hydrogen) atoms. The third-order valence-corrected chi connectivity index (χ3v) is 11.4. The van der Waals surface area contributed by atoms with Gasteiger partial charge in [0.05, 0.1) is 23.7 Å². The maximum Gasteiger partial charge on any atom is 0.433 e. The molecule has 0 radical (unpaired) electrons. The third-order valence-electron chi connectivity index (χ3n) is 11.4. The first-order valence-corrected chi connectivity index (χ1v) is 18.7. The van der Waals surface area contributed by atoms with Gasteiger partial charge in [-0.2, -0.15) is 18.3 Å². The average molecular weight is 744 g/mol. The number of carbonyl (C=O) groups excluding carboxylic acids is 4. The van der Waals surface area contributed by atoms with Crippen LogP contribution < -0.4 is 0 Å². The van der Waals surface area contributed by atoms with E-state index in [1.807, 2.05) is 24.0 Å². The molecule has 1 saturated carbocycles. The Bertz CT molecular complexity index is 2150. The molecule has 0 N–H and O–H groups in total. The fourth-order valence-corrected chi connectivity index (χ4v) is 8.43. The van der Waals surface area contributed by atoms with Gasteiger partial charge in [0.15, 0.2) is 11.6 Å². The molecule has 0 unspecified atom stereocenters. The Labute approximate surface area is 311 Å². The predicted molar refractivity (Wildman–Crippen MR) is 193 cm³/mol. The van der Waals surface area contributed by atoms with Crippen molar-refractivity contribution in [2.24, 2.45) is 5.41 Å². The fraction of sp³-hybridized carbons (Fsp3) is 0.500. The summed E-state index contributed by atoms with van der Waals surface area (Å²) in [5, 5.41) is 5.31. The first-order chi connectivity index (χ1) is 25.7. The third kappa shape index (κ3) is 7.14. The minimum atomic E-state index is -4.68. The molecule has 14 heteroatoms. The van der Waals surface area contributed by atoms with Gasteiger partial charge >= 0.3 is 6.18 Å². The minimum Gasteiger partial charge on any atom is -0.342 e. The van der Waals surface area contributed by atoms with Gasteiger partial charge in [-0.25, -0.2) is 15.0 Å². The summed E-state index contributed by atoms with van der Waals surface area (Å²) in [6.45, 7) is 7.38. The Balaban J connectivity index is 1.30. The Morgan fingerprint density at radius 3 is 2.35 bits per heavy atom. The van der Waals surface area contributed by atoms with Crippen molar-refractivity contribution in [3.63, 3.8) is 0 Å². The number of amides is 2. The van der Waals surface area contributed by atoms with E-state index in [1.165, 1.54) is 13.0 Å². The summed E-state index contributed by atoms with van der Waals surface area (Å²) in [5.74, 6) is -0.397. The number of halogens is 3. The largest absolute Gasteiger partial charge is 0.433 e. The van der Waals surface area contributed by atoms with Crippen LogP contribution in [0.2, 0.25) is 0 Å². The van der Waals surface area contributed by atoms with Crippen LogP contribution in [0, 0.1) is 19.3 Å². The van der Waals surface area contributed by atoms with Crippen molar-refractivity contribution in [1.82, 2.24) is 34.5 Å². The molecule has 3 aliphatic rings. The molecular weight excluding hydrogens is 699 g/mol. The summed E-state index contributed by atoms with van der Waals surface area (Å²) in [5.41, 5.74) is 2.23. The molecule has 284 valence electrons. The number of aromatic nitrogens is 5. The van der Waals surface area contributed by atoms with Gasteiger partial charge in [0.2, 0.25) is 11.8 Å². The number of ketones is 2. The van der Waals surface area contributed by atoms with E-state index in [-0.39, 0.29) is 54.4 Å². The van der Waals surface area contributed by atoms with Crippen LogP contribution in [0.5, 0.6) is 0 Å². The smallest absolute Gasteiger partial charge is 0.342 e. The number of alkyl halides is 3. The molecule has 7 rings (SSSR count). The van der Waals surface area contributed by atoms with E-state index < -0.39 is 29.1 Å². The number of Topliss-reactive ketones (excluding diaryl/α,β-unsaturated/α-hetero) is 2. The van der Waals surface area contributed by atoms with Gasteiger partial charge in [-0.15, -0.1) is 0 Å². The van der Waals surface area contributed by atoms with Crippen molar-refractivity contribution in [2.75, 3.05) is 13.1 Å². The van der Waals surface area contributed by atoms with E-state index in [9.17, 15) is 32.3 Å². The number of hydrogen-bond acceptors (Lipinski definition) is 8. The molecule has 4 aromatic rings. The van der Waals surface area contributed by atoms with Gasteiger partial charge in [-0.1, -0.05) is 18.9 Å². The predicted octanol–water partition coefficient (Wildman–Crippen LogP) is 6.25. The Kier molecular flexibility index (Phi) is 9.90. The molecule has 2 amide bonds. The van der Waals surface area contributed by atoms with Crippen LogP contribution in [-0.2, 0) is 39.9 Å². The molecule has 2 fully saturated rings. The van der Waals surface area contributed by atoms with Crippen molar-refractivity contribution >= 4 is 34.3 Å². The van der Waals surface area contributed by atoms with Crippen LogP contribution in [0.25, 0.3) is 22.0 Å². The summed E-state index contributed by atoms with van der Waals surface area (Å²) in [6.07, 6.45) is 3.58. The lowest BCUT2D eigenvalue weighted by Crippen LogP contribution is -2.45. The highest BCUT2D eigenvalue weighted by atomic mass is 19.4. The molecule has 2 bridgehead atoms. The Morgan fingerprint density at radius 1 is 0.944 bits per heavy atom. The van der Waals surface area contributed by atoms with Crippen LogP contribution >= 0.6 is 0 Å². The number of benzene rings is 1. The molecule has 3 atom stereocenters. The molecule has 1 saturated heterocycles. The molecule has 1 aromatic carbocycles. The first-order valence-electron chi connectivity index (χ1n) is 18.7. The van der Waals surface area contributed by atoms with E-state index in [0.29, 0.717) is 54.6 Å². The van der Waals surface area contributed by atoms with E-state index in [4.69, 9.17) is 5.10 Å². The monoisotopic (exact) mass is 743 g/mol. The molecule has 11 nitrogen and oxygen atoms in total. The van der Waals surface area contributed by atoms with Crippen LogP contribution in [0.4, 0.5) is 13.2 Å². The second-order valence-electron chi connectivity index (χ2n) is 15.1. The van der Waals surface area contributed by atoms with Crippen molar-refractivity contribution in [1.29, 1.82) is 0 Å². The Hall–Kier alpha value is -5.01. The molecule has 1 aliphatic carbocycles. The van der Waals surface area contributed by atoms with Gasteiger partial charge in [0.25, 0.3) is 0 Å². The zero-order valence-electron chi connectivity index (χ0n) is 31.0. The normalized spacial score (nSPS) is 22.4. The van der Waals surface area contributed by atoms with Gasteiger partial charge in [0.1, 0.15) is 23.8 Å². The fourth-order valence-electron chi connectivity index (χ4n) is 8.43. The van der Waals surface area contributed by atoms with E-state index in [0.717, 1.165) is 48.4 Å². The van der Waals surface area contributed by atoms with Gasteiger partial charge in [-0.3, -0.25) is 23.9 Å². The van der Waals surface area contributed by atoms with Crippen molar-refractivity contribution in [3.05, 3.63) is 70.7 Å². The summed E-state index contributed by atoms with van der Waals surface area (Å²) in [4.78, 5) is 71.2. The highest BCUT2D eigenvalue weighted by Crippen LogP contribution is 2.60. The standard InChI is InChI=1S/C40H44F3N7O4/c1-5-48-22-39-17-31(32(52)16-30-23(2)12-13-33(46-30)40(41,42)43)50(34(39)18-39)36(54)21-49-38-26(10-8-6-7-9-11-35(48)53)14-27(28-19-44-25(4)45-20-28)15-29(38)37(47-49)24(3)51/h12-15,19-20,31,34H,5-11,16-18,21-22H2,1-4H3/t31-,34+,39-/m0/s1. The number of hydrogen-bond donors (Lipinski definition) is 0. The van der Waals surface area contributed by atoms with E-state index in [1.54, 1.807) is 35.8 Å². The molecule has 0 spiro atoms. The van der Waals surface area contributed by atoms with Gasteiger partial charge in [0, 0.05) is 61.2 Å². The van der Waals surface area contributed by atoms with Crippen LogP contribution in [0.3, 0.4) is 0 Å². The molecule has 5 heterocycles. The first kappa shape index (κ1) is 37.3. The SMILES string of the molecule is CCN1C[C@@]23C[C@@H](C(=O)Cc4nc(C(F)(F)F)ccc4C)N(C(=O)Cn4nc(C(C)=O)c5cc(-c6cnc(C)nc6)cc(c54)CCCCCCC1=O)[C@@H]2C3. The maximum absolute atomic E-state index is 14.6. The lowest BCUT2D eigenvalue weighted by atomic mass is 9.93. The quantitative estimate of drug-likeness (QED) is 0.212. The minimum absolute atomic E-state index is 0.0141. The number of piperidine rings is 1. The van der Waals surface area contributed by atoms with Crippen molar-refractivity contribution in [3.8, 4) is 11.1 Å². The number of pyridine rings is 1. The maximum atomic E-state index is 14.6. The van der Waals surface area contributed by atoms with E-state index >= 15 is 0 Å². The lowest BCUT2D eigenvalue weighted by Gasteiger charge is -2.27.